The van der Waals surface area contributed by atoms with Crippen molar-refractivity contribution in [3.8, 4) is 16.5 Å². The van der Waals surface area contributed by atoms with Crippen LogP contribution in [0.15, 0.2) is 71.9 Å². The maximum absolute atomic E-state index is 9.20. The monoisotopic (exact) mass is 427 g/mol. The van der Waals surface area contributed by atoms with Crippen LogP contribution >= 0.6 is 11.3 Å². The number of aromatic nitrogens is 5. The van der Waals surface area contributed by atoms with Crippen molar-refractivity contribution in [3.63, 3.8) is 0 Å². The smallest absolute Gasteiger partial charge is 0.194 e. The fourth-order valence-corrected chi connectivity index (χ4v) is 4.71. The molecule has 0 fully saturated rings. The Morgan fingerprint density at radius 2 is 2.10 bits per heavy atom. The molecule has 4 heterocycles. The highest BCUT2D eigenvalue weighted by atomic mass is 32.1. The van der Waals surface area contributed by atoms with Gasteiger partial charge in [0.1, 0.15) is 11.5 Å². The van der Waals surface area contributed by atoms with E-state index in [4.69, 9.17) is 4.98 Å². The van der Waals surface area contributed by atoms with Crippen molar-refractivity contribution in [2.75, 3.05) is 5.32 Å². The number of rotatable bonds is 4. The van der Waals surface area contributed by atoms with Gasteiger partial charge in [0.05, 0.1) is 17.6 Å². The number of aryl methyl sites for hydroxylation is 1. The van der Waals surface area contributed by atoms with Gasteiger partial charge in [-0.25, -0.2) is 9.97 Å². The summed E-state index contributed by atoms with van der Waals surface area (Å²) in [4.78, 5) is 13.5. The van der Waals surface area contributed by atoms with Gasteiger partial charge in [-0.05, 0) is 42.7 Å². The van der Waals surface area contributed by atoms with Gasteiger partial charge in [0.2, 0.25) is 0 Å². The second-order valence-corrected chi connectivity index (χ2v) is 8.11. The zero-order valence-corrected chi connectivity index (χ0v) is 17.1. The zero-order valence-electron chi connectivity index (χ0n) is 16.3. The first-order valence-electron chi connectivity index (χ1n) is 9.83. The number of benzene rings is 1. The quantitative estimate of drug-likeness (QED) is 0.325. The molecule has 4 aromatic heterocycles. The number of hydrogen-bond acceptors (Lipinski definition) is 7. The van der Waals surface area contributed by atoms with E-state index in [0.717, 1.165) is 57.8 Å². The lowest BCUT2D eigenvalue weighted by Gasteiger charge is -2.11. The molecule has 6 rings (SSSR count). The van der Waals surface area contributed by atoms with Crippen molar-refractivity contribution < 1.29 is 5.21 Å². The summed E-state index contributed by atoms with van der Waals surface area (Å²) >= 11 is 1.57. The minimum Gasteiger partial charge on any atom is -0.411 e. The number of fused-ring (bicyclic) bond motifs is 2. The minimum atomic E-state index is 0.740. The molecular weight excluding hydrogens is 410 g/mol. The number of anilines is 2. The predicted molar refractivity (Wildman–Crippen MR) is 120 cm³/mol. The van der Waals surface area contributed by atoms with Gasteiger partial charge in [-0.2, -0.15) is 0 Å². The molecule has 0 spiro atoms. The predicted octanol–water partition coefficient (Wildman–Crippen LogP) is 4.51. The molecule has 8 nitrogen and oxygen atoms in total. The number of nitrogens with one attached hydrogen (secondary N) is 1. The third-order valence-corrected chi connectivity index (χ3v) is 6.25. The molecule has 9 heteroatoms. The maximum atomic E-state index is 9.20. The molecule has 0 unspecified atom stereocenters. The number of thiazole rings is 1. The maximum Gasteiger partial charge on any atom is 0.194 e. The first-order chi connectivity index (χ1) is 15.3. The van der Waals surface area contributed by atoms with Crippen molar-refractivity contribution in [1.82, 2.24) is 23.9 Å². The van der Waals surface area contributed by atoms with Crippen molar-refractivity contribution in [3.05, 3.63) is 77.8 Å². The summed E-state index contributed by atoms with van der Waals surface area (Å²) in [7, 11) is 0. The lowest BCUT2D eigenvalue weighted by molar-refractivity contribution is 0.318. The molecule has 0 amide bonds. The lowest BCUT2D eigenvalue weighted by atomic mass is 10.1. The Bertz CT molecular complexity index is 1430. The summed E-state index contributed by atoms with van der Waals surface area (Å²) in [6.45, 7) is 0. The molecular formula is C22H17N7OS. The highest BCUT2D eigenvalue weighted by Crippen LogP contribution is 2.34. The van der Waals surface area contributed by atoms with Gasteiger partial charge in [0, 0.05) is 41.4 Å². The summed E-state index contributed by atoms with van der Waals surface area (Å²) in [5.74, 6) is 0.850. The van der Waals surface area contributed by atoms with E-state index in [1.165, 1.54) is 5.56 Å². The fourth-order valence-electron chi connectivity index (χ4n) is 4.07. The van der Waals surface area contributed by atoms with Crippen LogP contribution in [0.25, 0.3) is 22.2 Å². The standard InChI is InChI=1S/C22H17N7OS/c30-27-17-6-3-14-12-15(4-5-16(14)17)25-21-20(26-19-13-23-7-10-29(19)21)18-2-1-9-28(18)22-24-8-11-31-22/h1-2,4-5,7-13,25,30H,3,6H2. The number of oxime groups is 1. The van der Waals surface area contributed by atoms with Crippen LogP contribution in [0.3, 0.4) is 0 Å². The third kappa shape index (κ3) is 2.89. The van der Waals surface area contributed by atoms with Crippen LogP contribution in [0, 0.1) is 0 Å². The van der Waals surface area contributed by atoms with E-state index >= 15 is 0 Å². The Kier molecular flexibility index (Phi) is 4.07. The summed E-state index contributed by atoms with van der Waals surface area (Å²) in [6.07, 6.45) is 10.8. The van der Waals surface area contributed by atoms with Gasteiger partial charge in [-0.3, -0.25) is 14.0 Å². The number of nitrogens with zero attached hydrogens (tertiary/aromatic N) is 6. The van der Waals surface area contributed by atoms with E-state index in [0.29, 0.717) is 0 Å². The molecule has 152 valence electrons. The van der Waals surface area contributed by atoms with Gasteiger partial charge < -0.3 is 10.5 Å². The third-order valence-electron chi connectivity index (χ3n) is 5.48. The molecule has 0 bridgehead atoms. The van der Waals surface area contributed by atoms with E-state index < -0.39 is 0 Å². The van der Waals surface area contributed by atoms with E-state index in [-0.39, 0.29) is 0 Å². The summed E-state index contributed by atoms with van der Waals surface area (Å²) in [5.41, 5.74) is 6.37. The Hall–Kier alpha value is -3.98. The van der Waals surface area contributed by atoms with Crippen LogP contribution in [-0.4, -0.2) is 34.8 Å². The molecule has 2 N–H and O–H groups in total. The zero-order chi connectivity index (χ0) is 20.8. The van der Waals surface area contributed by atoms with E-state index in [1.54, 1.807) is 29.9 Å². The molecule has 1 aliphatic carbocycles. The van der Waals surface area contributed by atoms with Crippen LogP contribution in [0.5, 0.6) is 0 Å². The highest BCUT2D eigenvalue weighted by molar-refractivity contribution is 7.12. The largest absolute Gasteiger partial charge is 0.411 e. The van der Waals surface area contributed by atoms with Crippen LogP contribution in [0.2, 0.25) is 0 Å². The average molecular weight is 427 g/mol. The van der Waals surface area contributed by atoms with Crippen LogP contribution in [0.4, 0.5) is 11.5 Å². The SMILES string of the molecule is ON=C1CCc2cc(Nc3c(-c4cccn4-c4nccs4)nc4cnccn34)ccc21. The first-order valence-corrected chi connectivity index (χ1v) is 10.7. The van der Waals surface area contributed by atoms with Crippen molar-refractivity contribution in [2.24, 2.45) is 5.16 Å². The fraction of sp³-hybridized carbons (Fsp3) is 0.0909. The van der Waals surface area contributed by atoms with Gasteiger partial charge in [0.15, 0.2) is 10.8 Å². The Labute approximate surface area is 181 Å². The normalized spacial score (nSPS) is 14.4. The second kappa shape index (κ2) is 7.06. The van der Waals surface area contributed by atoms with Crippen molar-refractivity contribution in [2.45, 2.75) is 12.8 Å². The van der Waals surface area contributed by atoms with Crippen LogP contribution in [-0.2, 0) is 6.42 Å². The van der Waals surface area contributed by atoms with Crippen molar-refractivity contribution >= 4 is 34.2 Å². The molecule has 1 aromatic carbocycles. The topological polar surface area (TPSA) is 92.6 Å². The highest BCUT2D eigenvalue weighted by Gasteiger charge is 2.21. The summed E-state index contributed by atoms with van der Waals surface area (Å²) in [6, 6.07) is 10.1. The summed E-state index contributed by atoms with van der Waals surface area (Å²) < 4.78 is 4.03. The number of hydrogen-bond donors (Lipinski definition) is 2. The molecule has 0 radical (unpaired) electrons. The van der Waals surface area contributed by atoms with Crippen LogP contribution in [0.1, 0.15) is 17.5 Å². The molecule has 5 aromatic rings. The Morgan fingerprint density at radius 1 is 1.13 bits per heavy atom. The molecule has 31 heavy (non-hydrogen) atoms. The van der Waals surface area contributed by atoms with Gasteiger partial charge in [-0.1, -0.05) is 11.2 Å². The van der Waals surface area contributed by atoms with Gasteiger partial charge in [0.25, 0.3) is 0 Å². The Morgan fingerprint density at radius 3 is 2.97 bits per heavy atom. The van der Waals surface area contributed by atoms with E-state index in [9.17, 15) is 5.21 Å². The van der Waals surface area contributed by atoms with E-state index in [2.05, 4.69) is 26.5 Å². The first kappa shape index (κ1) is 17.8. The second-order valence-electron chi connectivity index (χ2n) is 7.24. The minimum absolute atomic E-state index is 0.740. The van der Waals surface area contributed by atoms with E-state index in [1.807, 2.05) is 51.0 Å². The number of imidazole rings is 1. The summed E-state index contributed by atoms with van der Waals surface area (Å²) in [5, 5.41) is 19.0. The average Bonchev–Trinajstić information content (AvgIpc) is 3.58. The molecule has 0 saturated carbocycles. The molecule has 0 atom stereocenters. The lowest BCUT2D eigenvalue weighted by Crippen LogP contribution is -2.01. The molecule has 0 saturated heterocycles. The van der Waals surface area contributed by atoms with Gasteiger partial charge in [-0.15, -0.1) is 11.3 Å². The van der Waals surface area contributed by atoms with Crippen molar-refractivity contribution in [1.29, 1.82) is 0 Å². The van der Waals surface area contributed by atoms with Gasteiger partial charge >= 0.3 is 0 Å². The van der Waals surface area contributed by atoms with Crippen LogP contribution < -0.4 is 5.32 Å². The Balaban J connectivity index is 1.48. The molecule has 1 aliphatic rings. The molecule has 0 aliphatic heterocycles.